The summed E-state index contributed by atoms with van der Waals surface area (Å²) in [6.45, 7) is 4.42. The normalized spacial score (nSPS) is 11.4. The molecule has 0 spiro atoms. The van der Waals surface area contributed by atoms with Gasteiger partial charge >= 0.3 is 5.63 Å². The van der Waals surface area contributed by atoms with Crippen molar-refractivity contribution in [2.75, 3.05) is 19.7 Å². The summed E-state index contributed by atoms with van der Waals surface area (Å²) in [4.78, 5) is 13.9. The molecule has 0 aliphatic rings. The molecule has 114 valence electrons. The van der Waals surface area contributed by atoms with Gasteiger partial charge in [0, 0.05) is 29.0 Å². The number of aliphatic hydroxyl groups is 1. The Bertz CT molecular complexity index is 654. The summed E-state index contributed by atoms with van der Waals surface area (Å²) in [6, 6.07) is 7.25. The molecule has 0 saturated carbocycles. The number of unbranched alkanes of at least 4 members (excludes halogenated alkanes) is 1. The highest BCUT2D eigenvalue weighted by atomic mass is 79.9. The van der Waals surface area contributed by atoms with E-state index in [2.05, 4.69) is 27.8 Å². The molecule has 0 bridgehead atoms. The minimum Gasteiger partial charge on any atom is -0.423 e. The maximum Gasteiger partial charge on any atom is 0.336 e. The third-order valence-corrected chi connectivity index (χ3v) is 3.92. The van der Waals surface area contributed by atoms with Crippen LogP contribution in [0.25, 0.3) is 11.0 Å². The van der Waals surface area contributed by atoms with E-state index in [-0.39, 0.29) is 12.2 Å². The van der Waals surface area contributed by atoms with Crippen LogP contribution in [0.1, 0.15) is 25.3 Å². The second kappa shape index (κ2) is 7.73. The van der Waals surface area contributed by atoms with Crippen LogP contribution in [-0.4, -0.2) is 29.7 Å². The molecule has 0 unspecified atom stereocenters. The third kappa shape index (κ3) is 4.40. The predicted octanol–water partition coefficient (Wildman–Crippen LogP) is 3.15. The fraction of sp³-hybridized carbons (Fsp3) is 0.438. The minimum absolute atomic E-state index is 0.120. The molecule has 0 aliphatic carbocycles. The zero-order chi connectivity index (χ0) is 15.2. The minimum atomic E-state index is -0.338. The second-order valence-corrected chi connectivity index (χ2v) is 6.00. The first kappa shape index (κ1) is 16.2. The lowest BCUT2D eigenvalue weighted by Gasteiger charge is -2.21. The Labute approximate surface area is 132 Å². The zero-order valence-electron chi connectivity index (χ0n) is 12.1. The van der Waals surface area contributed by atoms with Crippen molar-refractivity contribution in [3.05, 3.63) is 44.7 Å². The Hall–Kier alpha value is -1.17. The number of benzene rings is 1. The molecule has 2 rings (SSSR count). The fourth-order valence-corrected chi connectivity index (χ4v) is 2.71. The molecule has 0 saturated heterocycles. The number of rotatable bonds is 7. The Kier molecular flexibility index (Phi) is 5.96. The lowest BCUT2D eigenvalue weighted by molar-refractivity contribution is 0.188. The number of halogens is 1. The average molecular weight is 354 g/mol. The van der Waals surface area contributed by atoms with Gasteiger partial charge in [-0.15, -0.1) is 0 Å². The van der Waals surface area contributed by atoms with E-state index in [9.17, 15) is 9.90 Å². The van der Waals surface area contributed by atoms with E-state index in [4.69, 9.17) is 4.42 Å². The van der Waals surface area contributed by atoms with Gasteiger partial charge in [0.05, 0.1) is 6.61 Å². The Balaban J connectivity index is 2.33. The summed E-state index contributed by atoms with van der Waals surface area (Å²) in [7, 11) is 0. The van der Waals surface area contributed by atoms with Gasteiger partial charge in [0.15, 0.2) is 0 Å². The molecule has 1 N–H and O–H groups in total. The summed E-state index contributed by atoms with van der Waals surface area (Å²) >= 11 is 3.39. The molecule has 0 fully saturated rings. The second-order valence-electron chi connectivity index (χ2n) is 5.08. The van der Waals surface area contributed by atoms with Crippen LogP contribution in [0.4, 0.5) is 0 Å². The number of aliphatic hydroxyl groups excluding tert-OH is 1. The maximum absolute atomic E-state index is 11.7. The first-order valence-electron chi connectivity index (χ1n) is 7.19. The van der Waals surface area contributed by atoms with Crippen LogP contribution in [-0.2, 0) is 6.54 Å². The van der Waals surface area contributed by atoms with Crippen molar-refractivity contribution >= 4 is 26.9 Å². The van der Waals surface area contributed by atoms with E-state index in [0.717, 1.165) is 34.8 Å². The van der Waals surface area contributed by atoms with Gasteiger partial charge in [0.1, 0.15) is 5.58 Å². The fourth-order valence-electron chi connectivity index (χ4n) is 2.37. The molecule has 0 radical (unpaired) electrons. The summed E-state index contributed by atoms with van der Waals surface area (Å²) in [5.41, 5.74) is 1.19. The monoisotopic (exact) mass is 353 g/mol. The van der Waals surface area contributed by atoms with E-state index < -0.39 is 0 Å². The Morgan fingerprint density at radius 3 is 2.81 bits per heavy atom. The number of hydrogen-bond acceptors (Lipinski definition) is 4. The molecular weight excluding hydrogens is 334 g/mol. The smallest absolute Gasteiger partial charge is 0.336 e. The molecule has 1 aromatic heterocycles. The highest BCUT2D eigenvalue weighted by Crippen LogP contribution is 2.22. The molecule has 2 aromatic rings. The van der Waals surface area contributed by atoms with Crippen molar-refractivity contribution in [1.82, 2.24) is 4.90 Å². The Morgan fingerprint density at radius 1 is 1.29 bits per heavy atom. The van der Waals surface area contributed by atoms with Crippen molar-refractivity contribution in [3.63, 3.8) is 0 Å². The standard InChI is InChI=1S/C16H20BrNO3/c1-2-3-6-18(7-8-19)11-12-9-16(20)21-15-10-13(17)4-5-14(12)15/h4-5,9-10,19H,2-3,6-8,11H2,1H3. The van der Waals surface area contributed by atoms with E-state index in [1.807, 2.05) is 18.2 Å². The van der Waals surface area contributed by atoms with Gasteiger partial charge in [-0.3, -0.25) is 4.90 Å². The van der Waals surface area contributed by atoms with Gasteiger partial charge in [0.2, 0.25) is 0 Å². The van der Waals surface area contributed by atoms with Crippen LogP contribution in [0.15, 0.2) is 37.9 Å². The summed E-state index contributed by atoms with van der Waals surface area (Å²) < 4.78 is 6.14. The molecule has 1 aromatic carbocycles. The SMILES string of the molecule is CCCCN(CCO)Cc1cc(=O)oc2cc(Br)ccc12. The van der Waals surface area contributed by atoms with Crippen LogP contribution >= 0.6 is 15.9 Å². The Morgan fingerprint density at radius 2 is 2.10 bits per heavy atom. The molecule has 21 heavy (non-hydrogen) atoms. The van der Waals surface area contributed by atoms with Crippen molar-refractivity contribution < 1.29 is 9.52 Å². The van der Waals surface area contributed by atoms with Crippen molar-refractivity contribution in [2.24, 2.45) is 0 Å². The molecule has 4 nitrogen and oxygen atoms in total. The number of nitrogens with zero attached hydrogens (tertiary/aromatic N) is 1. The molecule has 5 heteroatoms. The summed E-state index contributed by atoms with van der Waals surface area (Å²) in [5.74, 6) is 0. The van der Waals surface area contributed by atoms with Gasteiger partial charge in [-0.05, 0) is 36.7 Å². The van der Waals surface area contributed by atoms with Crippen LogP contribution in [0.5, 0.6) is 0 Å². The quantitative estimate of drug-likeness (QED) is 0.776. The van der Waals surface area contributed by atoms with Gasteiger partial charge in [-0.2, -0.15) is 0 Å². The van der Waals surface area contributed by atoms with E-state index >= 15 is 0 Å². The van der Waals surface area contributed by atoms with E-state index in [1.165, 1.54) is 0 Å². The number of hydrogen-bond donors (Lipinski definition) is 1. The molecule has 0 atom stereocenters. The number of fused-ring (bicyclic) bond motifs is 1. The zero-order valence-corrected chi connectivity index (χ0v) is 13.7. The van der Waals surface area contributed by atoms with Crippen LogP contribution in [0.2, 0.25) is 0 Å². The molecular formula is C16H20BrNO3. The van der Waals surface area contributed by atoms with Crippen molar-refractivity contribution in [1.29, 1.82) is 0 Å². The van der Waals surface area contributed by atoms with E-state index in [0.29, 0.717) is 18.7 Å². The van der Waals surface area contributed by atoms with Crippen LogP contribution in [0, 0.1) is 0 Å². The molecule has 0 aliphatic heterocycles. The van der Waals surface area contributed by atoms with Gasteiger partial charge < -0.3 is 9.52 Å². The predicted molar refractivity (Wildman–Crippen MR) is 87.5 cm³/mol. The lowest BCUT2D eigenvalue weighted by atomic mass is 10.1. The average Bonchev–Trinajstić information content (AvgIpc) is 2.44. The summed E-state index contributed by atoms with van der Waals surface area (Å²) in [6.07, 6.45) is 2.18. The van der Waals surface area contributed by atoms with Gasteiger partial charge in [-0.25, -0.2) is 4.79 Å². The maximum atomic E-state index is 11.7. The lowest BCUT2D eigenvalue weighted by Crippen LogP contribution is -2.28. The van der Waals surface area contributed by atoms with Gasteiger partial charge in [0.25, 0.3) is 0 Å². The highest BCUT2D eigenvalue weighted by Gasteiger charge is 2.10. The first-order valence-corrected chi connectivity index (χ1v) is 7.99. The van der Waals surface area contributed by atoms with Crippen molar-refractivity contribution in [2.45, 2.75) is 26.3 Å². The topological polar surface area (TPSA) is 53.7 Å². The third-order valence-electron chi connectivity index (χ3n) is 3.43. The van der Waals surface area contributed by atoms with Crippen LogP contribution in [0.3, 0.4) is 0 Å². The summed E-state index contributed by atoms with van der Waals surface area (Å²) in [5, 5.41) is 10.1. The molecule has 1 heterocycles. The molecule has 0 amide bonds. The first-order chi connectivity index (χ1) is 10.1. The van der Waals surface area contributed by atoms with E-state index in [1.54, 1.807) is 6.07 Å². The van der Waals surface area contributed by atoms with Crippen molar-refractivity contribution in [3.8, 4) is 0 Å². The van der Waals surface area contributed by atoms with Gasteiger partial charge in [-0.1, -0.05) is 29.3 Å². The highest BCUT2D eigenvalue weighted by molar-refractivity contribution is 9.10. The van der Waals surface area contributed by atoms with Crippen LogP contribution < -0.4 is 5.63 Å². The largest absolute Gasteiger partial charge is 0.423 e.